The first-order valence-electron chi connectivity index (χ1n) is 28.5. The number of rotatable bonds is 23. The van der Waals surface area contributed by atoms with Gasteiger partial charge < -0.3 is 28.7 Å². The topological polar surface area (TPSA) is 225 Å². The van der Waals surface area contributed by atoms with E-state index in [4.69, 9.17) is 9.47 Å². The van der Waals surface area contributed by atoms with E-state index in [1.54, 1.807) is 72.7 Å². The van der Waals surface area contributed by atoms with Crippen LogP contribution < -0.4 is 19.3 Å². The van der Waals surface area contributed by atoms with Crippen molar-refractivity contribution in [3.05, 3.63) is 126 Å². The third kappa shape index (κ3) is 14.1. The van der Waals surface area contributed by atoms with Crippen LogP contribution in [0, 0.1) is 11.8 Å². The van der Waals surface area contributed by atoms with Gasteiger partial charge in [0.05, 0.1) is 21.9 Å². The maximum atomic E-state index is 13.8. The molecule has 0 radical (unpaired) electrons. The maximum Gasteiger partial charge on any atom is 0.422 e. The standard InChI is InChI=1S/C31H31N3O5S2.C30H30F6N4O7S/c1-39-19-5-16-34-26-10-9-22(23-6-4-7-24(30(23)26)31(34)36)20-27(35)21-13-17-33(18-14-21)41(37,38)29-12-11-28(40-29)25-8-2-3-15-32-25;1-45-12-4-11-40-22-9-8-18(20-6-2-7-21(24(20)22)28(40)42)13-23(41)19-5-3-10-39(14-19)48(43,44)25-26(46-15-29(31,32)33)37-17-38-27(25)47-16-30(34,35)36/h2-4,6-12,15,21H,5,13-14,16-20H2,1H3;2,6-9,17,19H,3-5,10-16H2,1H3. The Balaban J connectivity index is 0.000000198. The van der Waals surface area contributed by atoms with Crippen LogP contribution in [0.15, 0.2) is 113 Å². The number of ether oxygens (including phenoxy) is 4. The molecule has 0 spiro atoms. The number of methoxy groups -OCH3 is 2. The minimum atomic E-state index is -4.94. The molecule has 4 aliphatic rings. The average Bonchev–Trinajstić information content (AvgIpc) is 1.67. The van der Waals surface area contributed by atoms with Gasteiger partial charge in [0, 0.05) is 119 Å². The van der Waals surface area contributed by atoms with E-state index in [0.29, 0.717) is 102 Å². The van der Waals surface area contributed by atoms with Crippen molar-refractivity contribution in [2.24, 2.45) is 11.8 Å². The SMILES string of the molecule is COCCCN1C(=O)c2cccc3c(CC(=O)C4CCCN(S(=O)(=O)c5c(OCC(F)(F)F)ncnc5OCC(F)(F)F)C4)ccc1c23.COCCCN1C(=O)c2cccc3c(CC(=O)C4CCN(S(=O)(=O)c5ccc(-c6ccccn6)s5)CC4)ccc1c23. The minimum absolute atomic E-state index is 0.0170. The largest absolute Gasteiger partial charge is 0.467 e. The number of Topliss-reactive ketones (excluding diaryl/α,β-unsaturated/α-hetero) is 2. The van der Waals surface area contributed by atoms with Gasteiger partial charge in [-0.1, -0.05) is 42.5 Å². The summed E-state index contributed by atoms with van der Waals surface area (Å²) in [4.78, 5) is 67.5. The van der Waals surface area contributed by atoms with E-state index >= 15 is 0 Å². The van der Waals surface area contributed by atoms with Crippen LogP contribution >= 0.6 is 11.3 Å². The van der Waals surface area contributed by atoms with Crippen LogP contribution in [0.1, 0.15) is 70.4 Å². The molecule has 2 fully saturated rings. The Morgan fingerprint density at radius 1 is 0.607 bits per heavy atom. The van der Waals surface area contributed by atoms with Crippen LogP contribution in [-0.2, 0) is 52.0 Å². The van der Waals surface area contributed by atoms with Crippen LogP contribution in [-0.4, -0.2) is 156 Å². The predicted molar refractivity (Wildman–Crippen MR) is 317 cm³/mol. The lowest BCUT2D eigenvalue weighted by atomic mass is 9.88. The molecule has 0 bridgehead atoms. The zero-order chi connectivity index (χ0) is 63.4. The Labute approximate surface area is 512 Å². The van der Waals surface area contributed by atoms with Gasteiger partial charge in [-0.3, -0.25) is 24.2 Å². The highest BCUT2D eigenvalue weighted by atomic mass is 32.2. The first kappa shape index (κ1) is 64.5. The fourth-order valence-corrected chi connectivity index (χ4v) is 16.2. The number of benzene rings is 4. The number of hydrogen-bond acceptors (Lipinski definition) is 16. The van der Waals surface area contributed by atoms with Crippen LogP contribution in [0.3, 0.4) is 0 Å². The van der Waals surface area contributed by atoms with Gasteiger partial charge in [-0.25, -0.2) is 26.8 Å². The highest BCUT2D eigenvalue weighted by Gasteiger charge is 2.42. The smallest absolute Gasteiger partial charge is 0.422 e. The van der Waals surface area contributed by atoms with Crippen molar-refractivity contribution in [2.45, 2.75) is 72.8 Å². The number of carbonyl (C=O) groups excluding carboxylic acids is 4. The Bertz CT molecular complexity index is 4000. The maximum absolute atomic E-state index is 13.8. The summed E-state index contributed by atoms with van der Waals surface area (Å²) >= 11 is 1.22. The molecule has 2 saturated heterocycles. The molecule has 7 heterocycles. The molecule has 19 nitrogen and oxygen atoms in total. The van der Waals surface area contributed by atoms with E-state index in [-0.39, 0.29) is 61.5 Å². The number of pyridine rings is 1. The van der Waals surface area contributed by atoms with Gasteiger partial charge in [-0.2, -0.15) is 35.0 Å². The van der Waals surface area contributed by atoms with Crippen LogP contribution in [0.2, 0.25) is 0 Å². The van der Waals surface area contributed by atoms with Gasteiger partial charge in [0.1, 0.15) is 22.1 Å². The predicted octanol–water partition coefficient (Wildman–Crippen LogP) is 9.89. The van der Waals surface area contributed by atoms with Crippen molar-refractivity contribution in [3.8, 4) is 22.3 Å². The molecule has 4 aliphatic heterocycles. The summed E-state index contributed by atoms with van der Waals surface area (Å²) in [6.45, 7) is -1.92. The number of sulfonamides is 2. The molecule has 472 valence electrons. The van der Waals surface area contributed by atoms with Crippen molar-refractivity contribution < 1.29 is 81.3 Å². The number of ketones is 2. The number of nitrogens with zero attached hydrogens (tertiary/aromatic N) is 7. The fourth-order valence-electron chi connectivity index (χ4n) is 11.6. The Kier molecular flexibility index (Phi) is 19.5. The summed E-state index contributed by atoms with van der Waals surface area (Å²) in [5.74, 6) is -3.79. The van der Waals surface area contributed by atoms with Crippen LogP contribution in [0.4, 0.5) is 37.7 Å². The van der Waals surface area contributed by atoms with E-state index < -0.39 is 74.7 Å². The highest BCUT2D eigenvalue weighted by Crippen LogP contribution is 2.43. The number of carbonyl (C=O) groups is 4. The summed E-state index contributed by atoms with van der Waals surface area (Å²) in [6.07, 6.45) is -4.75. The molecule has 3 aromatic heterocycles. The van der Waals surface area contributed by atoms with E-state index in [2.05, 4.69) is 24.4 Å². The summed E-state index contributed by atoms with van der Waals surface area (Å²) < 4.78 is 154. The van der Waals surface area contributed by atoms with Crippen molar-refractivity contribution in [1.29, 1.82) is 0 Å². The van der Waals surface area contributed by atoms with Gasteiger partial charge in [0.15, 0.2) is 13.2 Å². The third-order valence-corrected chi connectivity index (χ3v) is 21.2. The van der Waals surface area contributed by atoms with Crippen molar-refractivity contribution in [1.82, 2.24) is 23.6 Å². The summed E-state index contributed by atoms with van der Waals surface area (Å²) in [6, 6.07) is 27.3. The number of halogens is 6. The minimum Gasteiger partial charge on any atom is -0.467 e. The number of thiophene rings is 1. The average molecular weight is 1290 g/mol. The Hall–Kier alpha value is -7.47. The molecular formula is C61H61F6N7O12S3. The van der Waals surface area contributed by atoms with Crippen LogP contribution in [0.5, 0.6) is 11.8 Å². The second kappa shape index (κ2) is 26.9. The summed E-state index contributed by atoms with van der Waals surface area (Å²) in [7, 11) is -5.36. The molecule has 7 aromatic rings. The number of anilines is 2. The van der Waals surface area contributed by atoms with E-state index in [1.165, 1.54) is 15.6 Å². The lowest BCUT2D eigenvalue weighted by molar-refractivity contribution is -0.155. The molecule has 0 N–H and O–H groups in total. The first-order chi connectivity index (χ1) is 42.5. The van der Waals surface area contributed by atoms with Gasteiger partial charge in [-0.05, 0) is 109 Å². The number of aromatic nitrogens is 3. The van der Waals surface area contributed by atoms with Gasteiger partial charge in [-0.15, -0.1) is 11.3 Å². The number of alkyl halides is 6. The van der Waals surface area contributed by atoms with Crippen molar-refractivity contribution in [2.75, 3.05) is 89.7 Å². The second-order valence-corrected chi connectivity index (χ2v) is 26.8. The number of hydrogen-bond donors (Lipinski definition) is 0. The summed E-state index contributed by atoms with van der Waals surface area (Å²) in [5, 5.41) is 3.21. The fraction of sp³-hybridized carbons (Fsp3) is 0.393. The lowest BCUT2D eigenvalue weighted by Gasteiger charge is -2.31. The molecule has 89 heavy (non-hydrogen) atoms. The van der Waals surface area contributed by atoms with Crippen LogP contribution in [0.25, 0.3) is 32.1 Å². The zero-order valence-corrected chi connectivity index (χ0v) is 50.7. The monoisotopic (exact) mass is 1290 g/mol. The molecule has 28 heteroatoms. The second-order valence-electron chi connectivity index (χ2n) is 21.7. The summed E-state index contributed by atoms with van der Waals surface area (Å²) in [5.41, 5.74) is 4.99. The normalized spacial score (nSPS) is 16.7. The lowest BCUT2D eigenvalue weighted by Crippen LogP contribution is -2.43. The Morgan fingerprint density at radius 2 is 1.15 bits per heavy atom. The highest BCUT2D eigenvalue weighted by molar-refractivity contribution is 7.91. The molecular weight excluding hydrogens is 1230 g/mol. The van der Waals surface area contributed by atoms with E-state index in [9.17, 15) is 62.4 Å². The molecule has 2 amide bonds. The Morgan fingerprint density at radius 3 is 1.65 bits per heavy atom. The van der Waals surface area contributed by atoms with E-state index in [1.807, 2.05) is 48.5 Å². The quantitative estimate of drug-likeness (QED) is 0.0429. The number of amides is 2. The molecule has 11 rings (SSSR count). The molecule has 0 saturated carbocycles. The molecule has 1 unspecified atom stereocenters. The first-order valence-corrected chi connectivity index (χ1v) is 32.2. The molecule has 0 aliphatic carbocycles. The van der Waals surface area contributed by atoms with Gasteiger partial charge >= 0.3 is 12.4 Å². The van der Waals surface area contributed by atoms with E-state index in [0.717, 1.165) is 43.3 Å². The zero-order valence-electron chi connectivity index (χ0n) is 48.2. The molecule has 4 aromatic carbocycles. The third-order valence-electron chi connectivity index (χ3n) is 15.9. The van der Waals surface area contributed by atoms with Crippen molar-refractivity contribution >= 4 is 87.7 Å². The van der Waals surface area contributed by atoms with Gasteiger partial charge in [0.2, 0.25) is 16.7 Å². The van der Waals surface area contributed by atoms with Crippen molar-refractivity contribution in [3.63, 3.8) is 0 Å². The van der Waals surface area contributed by atoms with Gasteiger partial charge in [0.25, 0.3) is 31.9 Å². The number of piperidine rings is 2. The molecule has 1 atom stereocenters.